The molecule has 0 radical (unpaired) electrons. The lowest BCUT2D eigenvalue weighted by Gasteiger charge is -2.35. The highest BCUT2D eigenvalue weighted by molar-refractivity contribution is 7.10. The zero-order chi connectivity index (χ0) is 55.9. The van der Waals surface area contributed by atoms with Crippen molar-refractivity contribution in [1.82, 2.24) is 39.7 Å². The standard InChI is InChI=1S/C68H60N12O2S/c81-67(73-56-22-16-51(17-23-56)54-20-26-58-60(39-54)75-63(43-71-58)79-34-30-77(31-35-79)45-47-7-4-28-69-41-47)65(53-14-12-50(13-15-53)49-9-2-1-3-10-49)66(62-11-6-38-83-62)68(82)74-57-24-18-52(19-25-57)55-21-27-59-61(40-55)76-64(44-72-59)80-36-32-78(33-37-80)46-48-8-5-29-70-42-48/h1-29,38-44,65-66H,30-37,45-46H2,(H,73,81)(H,74,82). The second-order valence-electron chi connectivity index (χ2n) is 21.2. The third kappa shape index (κ3) is 12.2. The summed E-state index contributed by atoms with van der Waals surface area (Å²) in [5, 5.41) is 8.38. The van der Waals surface area contributed by atoms with Crippen LogP contribution in [0, 0.1) is 0 Å². The van der Waals surface area contributed by atoms with E-state index in [1.165, 1.54) is 22.5 Å². The second kappa shape index (κ2) is 24.3. The Kier molecular flexibility index (Phi) is 15.4. The lowest BCUT2D eigenvalue weighted by molar-refractivity contribution is -0.124. The van der Waals surface area contributed by atoms with Crippen LogP contribution in [0.1, 0.15) is 33.4 Å². The molecule has 5 aromatic heterocycles. The first kappa shape index (κ1) is 52.8. The predicted molar refractivity (Wildman–Crippen MR) is 332 cm³/mol. The number of carbonyl (C=O) groups excluding carboxylic acids is 2. The van der Waals surface area contributed by atoms with E-state index in [0.29, 0.717) is 11.4 Å². The number of nitrogens with one attached hydrogen (secondary N) is 2. The van der Waals surface area contributed by atoms with Crippen molar-refractivity contribution in [2.45, 2.75) is 24.9 Å². The Morgan fingerprint density at radius 2 is 0.892 bits per heavy atom. The third-order valence-corrected chi connectivity index (χ3v) is 16.8. The molecule has 2 aliphatic heterocycles. The average Bonchev–Trinajstić information content (AvgIpc) is 4.13. The molecule has 2 saturated heterocycles. The Morgan fingerprint density at radius 3 is 1.36 bits per heavy atom. The molecular weight excluding hydrogens is 1050 g/mol. The number of pyridine rings is 2. The molecule has 0 bridgehead atoms. The number of piperazine rings is 2. The van der Waals surface area contributed by atoms with E-state index in [0.717, 1.165) is 143 Å². The minimum absolute atomic E-state index is 0.292. The molecule has 14 nitrogen and oxygen atoms in total. The fourth-order valence-electron chi connectivity index (χ4n) is 11.3. The molecule has 0 saturated carbocycles. The third-order valence-electron chi connectivity index (χ3n) is 15.8. The van der Waals surface area contributed by atoms with E-state index >= 15 is 4.79 Å². The maximum atomic E-state index is 15.1. The molecule has 2 N–H and O–H groups in total. The lowest BCUT2D eigenvalue weighted by Crippen LogP contribution is -2.46. The Morgan fingerprint density at radius 1 is 0.434 bits per heavy atom. The highest BCUT2D eigenvalue weighted by atomic mass is 32.1. The second-order valence-corrected chi connectivity index (χ2v) is 22.2. The first-order valence-electron chi connectivity index (χ1n) is 28.2. The number of rotatable bonds is 16. The fourth-order valence-corrected chi connectivity index (χ4v) is 12.2. The van der Waals surface area contributed by atoms with Crippen LogP contribution < -0.4 is 20.4 Å². The van der Waals surface area contributed by atoms with Crippen LogP contribution in [-0.2, 0) is 22.7 Å². The molecule has 6 aromatic carbocycles. The molecular formula is C68H60N12O2S. The zero-order valence-corrected chi connectivity index (χ0v) is 46.5. The summed E-state index contributed by atoms with van der Waals surface area (Å²) < 4.78 is 0. The molecule has 13 rings (SSSR count). The summed E-state index contributed by atoms with van der Waals surface area (Å²) in [5.41, 5.74) is 13.7. The summed E-state index contributed by atoms with van der Waals surface area (Å²) in [7, 11) is 0. The minimum atomic E-state index is -0.894. The van der Waals surface area contributed by atoms with Crippen molar-refractivity contribution in [2.75, 3.05) is 72.8 Å². The van der Waals surface area contributed by atoms with Gasteiger partial charge in [-0.25, -0.2) is 9.97 Å². The van der Waals surface area contributed by atoms with E-state index < -0.39 is 11.8 Å². The van der Waals surface area contributed by atoms with Gasteiger partial charge in [-0.15, -0.1) is 11.3 Å². The van der Waals surface area contributed by atoms with Gasteiger partial charge in [0, 0.05) is 106 Å². The number of aromatic nitrogens is 6. The number of fused-ring (bicyclic) bond motifs is 2. The molecule has 7 heterocycles. The summed E-state index contributed by atoms with van der Waals surface area (Å²) in [4.78, 5) is 68.7. The van der Waals surface area contributed by atoms with Crippen LogP contribution >= 0.6 is 11.3 Å². The van der Waals surface area contributed by atoms with Gasteiger partial charge in [0.1, 0.15) is 11.6 Å². The van der Waals surface area contributed by atoms with E-state index in [2.05, 4.69) is 88.7 Å². The molecule has 2 amide bonds. The molecule has 2 unspecified atom stereocenters. The summed E-state index contributed by atoms with van der Waals surface area (Å²) >= 11 is 1.46. The molecule has 410 valence electrons. The molecule has 2 fully saturated rings. The number of anilines is 4. The number of carbonyl (C=O) groups is 2. The molecule has 11 aromatic rings. The van der Waals surface area contributed by atoms with Crippen molar-refractivity contribution >= 4 is 68.2 Å². The highest BCUT2D eigenvalue weighted by Crippen LogP contribution is 2.39. The van der Waals surface area contributed by atoms with E-state index in [-0.39, 0.29) is 11.8 Å². The molecule has 2 aliphatic rings. The smallest absolute Gasteiger partial charge is 0.233 e. The highest BCUT2D eigenvalue weighted by Gasteiger charge is 2.38. The summed E-state index contributed by atoms with van der Waals surface area (Å²) in [5.74, 6) is -0.618. The monoisotopic (exact) mass is 1110 g/mol. The predicted octanol–water partition coefficient (Wildman–Crippen LogP) is 12.2. The maximum absolute atomic E-state index is 15.1. The summed E-state index contributed by atoms with van der Waals surface area (Å²) in [6.45, 7) is 8.92. The van der Waals surface area contributed by atoms with Crippen LogP contribution in [-0.4, -0.2) is 104 Å². The first-order chi connectivity index (χ1) is 40.9. The molecule has 15 heteroatoms. The number of thiophene rings is 1. The molecule has 0 spiro atoms. The Hall–Kier alpha value is -9.54. The van der Waals surface area contributed by atoms with Crippen LogP contribution in [0.25, 0.3) is 55.4 Å². The Balaban J connectivity index is 0.714. The van der Waals surface area contributed by atoms with Gasteiger partial charge >= 0.3 is 0 Å². The number of hydrogen-bond donors (Lipinski definition) is 2. The minimum Gasteiger partial charge on any atom is -0.353 e. The van der Waals surface area contributed by atoms with Gasteiger partial charge in [0.15, 0.2) is 0 Å². The van der Waals surface area contributed by atoms with Crippen LogP contribution in [0.5, 0.6) is 0 Å². The normalized spacial score (nSPS) is 14.8. The van der Waals surface area contributed by atoms with Gasteiger partial charge in [-0.3, -0.25) is 39.3 Å². The van der Waals surface area contributed by atoms with Crippen LogP contribution in [0.4, 0.5) is 23.0 Å². The number of nitrogens with zero attached hydrogens (tertiary/aromatic N) is 10. The van der Waals surface area contributed by atoms with Crippen molar-refractivity contribution in [2.24, 2.45) is 0 Å². The Labute approximate surface area is 486 Å². The van der Waals surface area contributed by atoms with E-state index in [1.54, 1.807) is 0 Å². The average molecular weight is 1110 g/mol. The summed E-state index contributed by atoms with van der Waals surface area (Å²) in [6.07, 6.45) is 11.2. The number of amides is 2. The lowest BCUT2D eigenvalue weighted by atomic mass is 9.82. The summed E-state index contributed by atoms with van der Waals surface area (Å²) in [6, 6.07) is 58.1. The SMILES string of the molecule is O=C(Nc1ccc(-c2ccc3ncc(N4CCN(Cc5cccnc5)CC4)nc3c2)cc1)C(c1ccc(-c2ccccc2)cc1)C(C(=O)Nc1ccc(-c2ccc3ncc(N4CCN(Cc5cccnc5)CC4)nc3c2)cc1)c1cccs1. The van der Waals surface area contributed by atoms with Gasteiger partial charge in [0.25, 0.3) is 0 Å². The van der Waals surface area contributed by atoms with Crippen molar-refractivity contribution in [3.8, 4) is 33.4 Å². The van der Waals surface area contributed by atoms with Gasteiger partial charge in [0.2, 0.25) is 11.8 Å². The van der Waals surface area contributed by atoms with Crippen molar-refractivity contribution in [3.05, 3.63) is 240 Å². The zero-order valence-electron chi connectivity index (χ0n) is 45.7. The fraction of sp³-hybridized carbons (Fsp3) is 0.176. The topological polar surface area (TPSA) is 148 Å². The quantitative estimate of drug-likeness (QED) is 0.0948. The van der Waals surface area contributed by atoms with Crippen LogP contribution in [0.15, 0.2) is 218 Å². The van der Waals surface area contributed by atoms with Crippen molar-refractivity contribution in [3.63, 3.8) is 0 Å². The van der Waals surface area contributed by atoms with Gasteiger partial charge < -0.3 is 20.4 Å². The number of hydrogen-bond acceptors (Lipinski definition) is 13. The maximum Gasteiger partial charge on any atom is 0.233 e. The largest absolute Gasteiger partial charge is 0.353 e. The van der Waals surface area contributed by atoms with E-state index in [9.17, 15) is 4.79 Å². The van der Waals surface area contributed by atoms with Gasteiger partial charge in [0.05, 0.1) is 46.3 Å². The van der Waals surface area contributed by atoms with Gasteiger partial charge in [-0.05, 0) is 122 Å². The van der Waals surface area contributed by atoms with E-state index in [4.69, 9.17) is 19.9 Å². The Bertz CT molecular complexity index is 3990. The molecule has 2 atom stereocenters. The molecule has 83 heavy (non-hydrogen) atoms. The first-order valence-corrected chi connectivity index (χ1v) is 29.0. The van der Waals surface area contributed by atoms with Crippen molar-refractivity contribution in [1.29, 1.82) is 0 Å². The van der Waals surface area contributed by atoms with Gasteiger partial charge in [-0.2, -0.15) is 0 Å². The van der Waals surface area contributed by atoms with E-state index in [1.807, 2.05) is 170 Å². The van der Waals surface area contributed by atoms with Crippen LogP contribution in [0.2, 0.25) is 0 Å². The van der Waals surface area contributed by atoms with Crippen LogP contribution in [0.3, 0.4) is 0 Å². The number of benzene rings is 6. The molecule has 0 aliphatic carbocycles. The van der Waals surface area contributed by atoms with Gasteiger partial charge in [-0.1, -0.05) is 109 Å². The van der Waals surface area contributed by atoms with Crippen molar-refractivity contribution < 1.29 is 9.59 Å².